The van der Waals surface area contributed by atoms with Crippen LogP contribution in [-0.4, -0.2) is 32.2 Å². The van der Waals surface area contributed by atoms with Gasteiger partial charge in [0.2, 0.25) is 0 Å². The molecule has 0 fully saturated rings. The van der Waals surface area contributed by atoms with Crippen LogP contribution < -0.4 is 14.4 Å². The van der Waals surface area contributed by atoms with Crippen LogP contribution in [-0.2, 0) is 14.3 Å². The van der Waals surface area contributed by atoms with Crippen LogP contribution >= 0.6 is 0 Å². The Morgan fingerprint density at radius 3 is 2.44 bits per heavy atom. The van der Waals surface area contributed by atoms with Gasteiger partial charge in [0, 0.05) is 11.4 Å². The molecule has 32 heavy (non-hydrogen) atoms. The van der Waals surface area contributed by atoms with E-state index in [0.29, 0.717) is 35.1 Å². The van der Waals surface area contributed by atoms with Crippen LogP contribution in [0.3, 0.4) is 0 Å². The minimum atomic E-state index is -0.530. The Morgan fingerprint density at radius 2 is 1.81 bits per heavy atom. The van der Waals surface area contributed by atoms with Crippen LogP contribution in [0, 0.1) is 6.92 Å². The van der Waals surface area contributed by atoms with Gasteiger partial charge in [0.05, 0.1) is 24.9 Å². The zero-order valence-corrected chi connectivity index (χ0v) is 18.8. The van der Waals surface area contributed by atoms with Gasteiger partial charge in [0.25, 0.3) is 5.91 Å². The van der Waals surface area contributed by atoms with Crippen molar-refractivity contribution in [3.05, 3.63) is 83.1 Å². The molecule has 2 aromatic carbocycles. The SMILES string of the molecule is C=CCOc1ccc(/C=C2/C(=O)N(c3ccc(C)cc3)C(C)=C2C(=O)OCC)cc1OC. The van der Waals surface area contributed by atoms with Crippen LogP contribution in [0.4, 0.5) is 5.69 Å². The summed E-state index contributed by atoms with van der Waals surface area (Å²) in [5.74, 6) is 0.254. The van der Waals surface area contributed by atoms with Gasteiger partial charge in [0.15, 0.2) is 11.5 Å². The van der Waals surface area contributed by atoms with E-state index < -0.39 is 5.97 Å². The second-order valence-corrected chi connectivity index (χ2v) is 7.22. The van der Waals surface area contributed by atoms with Gasteiger partial charge in [-0.2, -0.15) is 0 Å². The van der Waals surface area contributed by atoms with Crippen LogP contribution in [0.5, 0.6) is 11.5 Å². The van der Waals surface area contributed by atoms with E-state index in [1.54, 1.807) is 51.3 Å². The molecule has 1 aliphatic rings. The number of carbonyl (C=O) groups is 2. The Labute approximate surface area is 188 Å². The number of nitrogens with zero attached hydrogens (tertiary/aromatic N) is 1. The fourth-order valence-electron chi connectivity index (χ4n) is 3.49. The molecule has 1 heterocycles. The second-order valence-electron chi connectivity index (χ2n) is 7.22. The first-order valence-corrected chi connectivity index (χ1v) is 10.3. The molecule has 6 heteroatoms. The fraction of sp³-hybridized carbons (Fsp3) is 0.231. The van der Waals surface area contributed by atoms with E-state index in [9.17, 15) is 9.59 Å². The van der Waals surface area contributed by atoms with Gasteiger partial charge < -0.3 is 14.2 Å². The molecule has 0 unspecified atom stereocenters. The Hall–Kier alpha value is -3.80. The van der Waals surface area contributed by atoms with E-state index in [2.05, 4.69) is 6.58 Å². The third-order valence-electron chi connectivity index (χ3n) is 5.03. The van der Waals surface area contributed by atoms with Crippen molar-refractivity contribution in [1.82, 2.24) is 0 Å². The van der Waals surface area contributed by atoms with Gasteiger partial charge in [-0.05, 0) is 56.7 Å². The van der Waals surface area contributed by atoms with Crippen molar-refractivity contribution >= 4 is 23.6 Å². The lowest BCUT2D eigenvalue weighted by Crippen LogP contribution is -2.24. The highest BCUT2D eigenvalue weighted by molar-refractivity contribution is 6.23. The lowest BCUT2D eigenvalue weighted by atomic mass is 10.0. The van der Waals surface area contributed by atoms with E-state index in [1.807, 2.05) is 31.2 Å². The van der Waals surface area contributed by atoms with Crippen molar-refractivity contribution in [2.75, 3.05) is 25.2 Å². The van der Waals surface area contributed by atoms with Crippen LogP contribution in [0.25, 0.3) is 6.08 Å². The average molecular weight is 434 g/mol. The van der Waals surface area contributed by atoms with E-state index in [4.69, 9.17) is 14.2 Å². The first-order valence-electron chi connectivity index (χ1n) is 10.3. The number of amides is 1. The van der Waals surface area contributed by atoms with E-state index in [-0.39, 0.29) is 23.7 Å². The number of anilines is 1. The molecular weight excluding hydrogens is 406 g/mol. The Morgan fingerprint density at radius 1 is 1.09 bits per heavy atom. The molecule has 6 nitrogen and oxygen atoms in total. The van der Waals surface area contributed by atoms with Gasteiger partial charge in [-0.25, -0.2) is 4.79 Å². The Balaban J connectivity index is 2.08. The summed E-state index contributed by atoms with van der Waals surface area (Å²) in [4.78, 5) is 27.7. The molecule has 3 rings (SSSR count). The highest BCUT2D eigenvalue weighted by Gasteiger charge is 2.38. The van der Waals surface area contributed by atoms with Gasteiger partial charge in [-0.15, -0.1) is 0 Å². The topological polar surface area (TPSA) is 65.1 Å². The predicted molar refractivity (Wildman–Crippen MR) is 125 cm³/mol. The quantitative estimate of drug-likeness (QED) is 0.339. The smallest absolute Gasteiger partial charge is 0.340 e. The molecule has 1 amide bonds. The molecule has 0 atom stereocenters. The second kappa shape index (κ2) is 10.0. The number of rotatable bonds is 8. The number of esters is 1. The Bertz CT molecular complexity index is 1100. The minimum absolute atomic E-state index is 0.213. The van der Waals surface area contributed by atoms with E-state index in [1.165, 1.54) is 4.90 Å². The molecule has 0 saturated carbocycles. The summed E-state index contributed by atoms with van der Waals surface area (Å²) in [7, 11) is 1.54. The summed E-state index contributed by atoms with van der Waals surface area (Å²) in [6.45, 7) is 9.66. The van der Waals surface area contributed by atoms with Gasteiger partial charge in [-0.3, -0.25) is 9.69 Å². The number of carbonyl (C=O) groups excluding carboxylic acids is 2. The first kappa shape index (κ1) is 22.9. The van der Waals surface area contributed by atoms with Crippen LogP contribution in [0.2, 0.25) is 0 Å². The summed E-state index contributed by atoms with van der Waals surface area (Å²) in [6.07, 6.45) is 3.32. The molecular formula is C26H27NO5. The number of benzene rings is 2. The normalized spacial score (nSPS) is 14.7. The number of allylic oxidation sites excluding steroid dienone is 1. The maximum absolute atomic E-state index is 13.4. The predicted octanol–water partition coefficient (Wildman–Crippen LogP) is 4.84. The summed E-state index contributed by atoms with van der Waals surface area (Å²) in [6, 6.07) is 12.9. The van der Waals surface area contributed by atoms with Crippen molar-refractivity contribution in [3.8, 4) is 11.5 Å². The summed E-state index contributed by atoms with van der Waals surface area (Å²) in [5.41, 5.74) is 3.51. The molecule has 1 aliphatic heterocycles. The van der Waals surface area contributed by atoms with Crippen LogP contribution in [0.15, 0.2) is 72.0 Å². The lowest BCUT2D eigenvalue weighted by molar-refractivity contribution is -0.138. The number of methoxy groups -OCH3 is 1. The van der Waals surface area contributed by atoms with Crippen LogP contribution in [0.1, 0.15) is 25.0 Å². The van der Waals surface area contributed by atoms with E-state index >= 15 is 0 Å². The standard InChI is InChI=1S/C26H27NO5/c1-6-14-32-22-13-10-19(16-23(22)30-5)15-21-24(26(29)31-7-2)18(4)27(25(21)28)20-11-8-17(3)9-12-20/h6,8-13,15-16H,1,7,14H2,2-5H3/b21-15+. The molecule has 0 N–H and O–H groups in total. The third kappa shape index (κ3) is 4.59. The van der Waals surface area contributed by atoms with E-state index in [0.717, 1.165) is 5.56 Å². The fourth-order valence-corrected chi connectivity index (χ4v) is 3.49. The zero-order chi connectivity index (χ0) is 23.3. The van der Waals surface area contributed by atoms with Gasteiger partial charge >= 0.3 is 5.97 Å². The number of hydrogen-bond acceptors (Lipinski definition) is 5. The molecule has 0 bridgehead atoms. The molecule has 0 spiro atoms. The summed E-state index contributed by atoms with van der Waals surface area (Å²) >= 11 is 0. The van der Waals surface area contributed by atoms with Crippen molar-refractivity contribution in [2.45, 2.75) is 20.8 Å². The maximum atomic E-state index is 13.4. The average Bonchev–Trinajstić information content (AvgIpc) is 3.03. The summed E-state index contributed by atoms with van der Waals surface area (Å²) < 4.78 is 16.3. The van der Waals surface area contributed by atoms with Crippen molar-refractivity contribution in [1.29, 1.82) is 0 Å². The lowest BCUT2D eigenvalue weighted by Gasteiger charge is -2.18. The molecule has 2 aromatic rings. The highest BCUT2D eigenvalue weighted by Crippen LogP contribution is 2.36. The summed E-state index contributed by atoms with van der Waals surface area (Å²) in [5, 5.41) is 0. The monoisotopic (exact) mass is 433 g/mol. The van der Waals surface area contributed by atoms with Crippen molar-refractivity contribution in [3.63, 3.8) is 0 Å². The number of hydrogen-bond donors (Lipinski definition) is 0. The largest absolute Gasteiger partial charge is 0.493 e. The van der Waals surface area contributed by atoms with Gasteiger partial charge in [0.1, 0.15) is 6.61 Å². The molecule has 0 aromatic heterocycles. The maximum Gasteiger partial charge on any atom is 0.340 e. The third-order valence-corrected chi connectivity index (χ3v) is 5.03. The number of ether oxygens (including phenoxy) is 3. The Kier molecular flexibility index (Phi) is 7.15. The minimum Gasteiger partial charge on any atom is -0.493 e. The molecule has 0 radical (unpaired) electrons. The first-order chi connectivity index (χ1) is 15.4. The van der Waals surface area contributed by atoms with Crippen molar-refractivity contribution in [2.24, 2.45) is 0 Å². The highest BCUT2D eigenvalue weighted by atomic mass is 16.5. The molecule has 0 aliphatic carbocycles. The van der Waals surface area contributed by atoms with Gasteiger partial charge in [-0.1, -0.05) is 36.4 Å². The molecule has 0 saturated heterocycles. The number of aryl methyl sites for hydroxylation is 1. The van der Waals surface area contributed by atoms with Crippen molar-refractivity contribution < 1.29 is 23.8 Å². The zero-order valence-electron chi connectivity index (χ0n) is 18.8. The molecule has 166 valence electrons.